The second-order valence-electron chi connectivity index (χ2n) is 8.25. The van der Waals surface area contributed by atoms with E-state index >= 15 is 0 Å². The van der Waals surface area contributed by atoms with Crippen molar-refractivity contribution in [1.29, 1.82) is 0 Å². The van der Waals surface area contributed by atoms with E-state index in [9.17, 15) is 9.59 Å². The highest BCUT2D eigenvalue weighted by Crippen LogP contribution is 2.49. The molecule has 0 radical (unpaired) electrons. The lowest BCUT2D eigenvalue weighted by Crippen LogP contribution is -2.22. The number of fused-ring (bicyclic) bond motifs is 3. The molecule has 2 bridgehead atoms. The zero-order valence-corrected chi connectivity index (χ0v) is 16.1. The fourth-order valence-electron chi connectivity index (χ4n) is 5.03. The second-order valence-corrected chi connectivity index (χ2v) is 8.25. The van der Waals surface area contributed by atoms with E-state index in [-0.39, 0.29) is 18.6 Å². The quantitative estimate of drug-likeness (QED) is 0.789. The molecule has 3 atom stereocenters. The highest BCUT2D eigenvalue weighted by Gasteiger charge is 2.40. The molecule has 5 rings (SSSR count). The van der Waals surface area contributed by atoms with Crippen molar-refractivity contribution in [3.05, 3.63) is 48.0 Å². The summed E-state index contributed by atoms with van der Waals surface area (Å²) >= 11 is 0. The fourth-order valence-corrected chi connectivity index (χ4v) is 5.03. The Morgan fingerprint density at radius 3 is 2.66 bits per heavy atom. The third-order valence-corrected chi connectivity index (χ3v) is 6.41. The van der Waals surface area contributed by atoms with Gasteiger partial charge in [0, 0.05) is 18.2 Å². The molecule has 2 aromatic carbocycles. The van der Waals surface area contributed by atoms with Gasteiger partial charge >= 0.3 is 0 Å². The van der Waals surface area contributed by atoms with Crippen LogP contribution in [0.1, 0.15) is 42.5 Å². The summed E-state index contributed by atoms with van der Waals surface area (Å²) in [4.78, 5) is 25.5. The third kappa shape index (κ3) is 3.67. The number of para-hydroxylation sites is 1. The summed E-state index contributed by atoms with van der Waals surface area (Å²) in [7, 11) is 0. The molecule has 6 nitrogen and oxygen atoms in total. The number of benzene rings is 2. The average Bonchev–Trinajstić information content (AvgIpc) is 3.44. The van der Waals surface area contributed by atoms with Crippen LogP contribution in [-0.2, 0) is 4.79 Å². The Bertz CT molecular complexity index is 958. The highest BCUT2D eigenvalue weighted by molar-refractivity contribution is 6.10. The predicted molar refractivity (Wildman–Crippen MR) is 109 cm³/mol. The number of anilines is 2. The van der Waals surface area contributed by atoms with Gasteiger partial charge in [-0.1, -0.05) is 18.6 Å². The van der Waals surface area contributed by atoms with Gasteiger partial charge in [-0.05, 0) is 61.3 Å². The van der Waals surface area contributed by atoms with Crippen molar-refractivity contribution in [3.8, 4) is 11.5 Å². The van der Waals surface area contributed by atoms with Crippen LogP contribution in [0.25, 0.3) is 0 Å². The van der Waals surface area contributed by atoms with E-state index in [1.807, 2.05) is 6.07 Å². The van der Waals surface area contributed by atoms with E-state index in [0.29, 0.717) is 46.7 Å². The lowest BCUT2D eigenvalue weighted by atomic mass is 9.86. The maximum Gasteiger partial charge on any atom is 0.257 e. The number of hydrogen-bond acceptors (Lipinski definition) is 4. The highest BCUT2D eigenvalue weighted by atomic mass is 16.7. The molecule has 2 saturated carbocycles. The van der Waals surface area contributed by atoms with Crippen molar-refractivity contribution in [2.24, 2.45) is 17.8 Å². The lowest BCUT2D eigenvalue weighted by molar-refractivity contribution is -0.117. The number of rotatable bonds is 5. The Balaban J connectivity index is 1.26. The summed E-state index contributed by atoms with van der Waals surface area (Å²) < 4.78 is 10.7. The van der Waals surface area contributed by atoms with Crippen LogP contribution in [-0.4, -0.2) is 18.6 Å². The van der Waals surface area contributed by atoms with E-state index in [2.05, 4.69) is 10.6 Å². The first-order valence-electron chi connectivity index (χ1n) is 10.3. The monoisotopic (exact) mass is 392 g/mol. The Morgan fingerprint density at radius 2 is 1.83 bits per heavy atom. The topological polar surface area (TPSA) is 76.7 Å². The summed E-state index contributed by atoms with van der Waals surface area (Å²) in [5, 5.41) is 5.83. The predicted octanol–water partition coefficient (Wildman–Crippen LogP) is 4.43. The van der Waals surface area contributed by atoms with E-state index in [1.165, 1.54) is 25.7 Å². The number of amides is 2. The molecule has 0 unspecified atom stereocenters. The minimum absolute atomic E-state index is 0.00844. The van der Waals surface area contributed by atoms with Gasteiger partial charge in [-0.2, -0.15) is 0 Å². The van der Waals surface area contributed by atoms with Crippen molar-refractivity contribution >= 4 is 23.2 Å². The molecule has 2 aliphatic carbocycles. The number of hydrogen-bond donors (Lipinski definition) is 2. The Labute approximate surface area is 169 Å². The molecule has 3 aliphatic rings. The summed E-state index contributed by atoms with van der Waals surface area (Å²) in [6, 6.07) is 12.4. The van der Waals surface area contributed by atoms with Crippen LogP contribution in [0.5, 0.6) is 11.5 Å². The van der Waals surface area contributed by atoms with Crippen LogP contribution < -0.4 is 20.1 Å². The molecule has 0 spiro atoms. The Kier molecular flexibility index (Phi) is 4.62. The summed E-state index contributed by atoms with van der Waals surface area (Å²) in [6.07, 6.45) is 5.58. The minimum Gasteiger partial charge on any atom is -0.454 e. The number of carbonyl (C=O) groups excluding carboxylic acids is 2. The molecule has 29 heavy (non-hydrogen) atoms. The molecule has 1 heterocycles. The first kappa shape index (κ1) is 18.0. The van der Waals surface area contributed by atoms with Crippen molar-refractivity contribution < 1.29 is 19.1 Å². The van der Waals surface area contributed by atoms with Gasteiger partial charge in [-0.25, -0.2) is 0 Å². The normalized spacial score (nSPS) is 23.8. The van der Waals surface area contributed by atoms with Crippen LogP contribution in [0.15, 0.2) is 42.5 Å². The van der Waals surface area contributed by atoms with Gasteiger partial charge < -0.3 is 20.1 Å². The molecular formula is C23H24N2O4. The van der Waals surface area contributed by atoms with Crippen molar-refractivity contribution in [2.75, 3.05) is 17.4 Å². The van der Waals surface area contributed by atoms with Gasteiger partial charge in [0.05, 0.1) is 11.3 Å². The molecule has 6 heteroatoms. The van der Waals surface area contributed by atoms with E-state index in [1.54, 1.807) is 36.4 Å². The Hall–Kier alpha value is -3.02. The standard InChI is InChI=1S/C23H24N2O4/c26-22(11-16-10-14-5-6-15(16)9-14)25-19-4-2-1-3-18(19)23(27)24-17-7-8-20-21(12-17)29-13-28-20/h1-4,7-8,12,14-16H,5-6,9-11,13H2,(H,24,27)(H,25,26)/t14-,15-,16+/m0/s1. The maximum atomic E-state index is 12.8. The summed E-state index contributed by atoms with van der Waals surface area (Å²) in [5.74, 6) is 2.99. The molecule has 0 aromatic heterocycles. The Morgan fingerprint density at radius 1 is 0.966 bits per heavy atom. The maximum absolute atomic E-state index is 12.8. The molecule has 2 aromatic rings. The van der Waals surface area contributed by atoms with Gasteiger partial charge in [-0.3, -0.25) is 9.59 Å². The smallest absolute Gasteiger partial charge is 0.257 e. The molecular weight excluding hydrogens is 368 g/mol. The van der Waals surface area contributed by atoms with Crippen LogP contribution in [0.3, 0.4) is 0 Å². The molecule has 150 valence electrons. The van der Waals surface area contributed by atoms with Gasteiger partial charge in [0.25, 0.3) is 5.91 Å². The van der Waals surface area contributed by atoms with E-state index in [4.69, 9.17) is 9.47 Å². The van der Waals surface area contributed by atoms with Gasteiger partial charge in [0.1, 0.15) is 0 Å². The number of ether oxygens (including phenoxy) is 2. The molecule has 2 fully saturated rings. The van der Waals surface area contributed by atoms with Gasteiger partial charge in [0.2, 0.25) is 12.7 Å². The fraction of sp³-hybridized carbons (Fsp3) is 0.391. The van der Waals surface area contributed by atoms with Crippen LogP contribution in [0.2, 0.25) is 0 Å². The van der Waals surface area contributed by atoms with Gasteiger partial charge in [-0.15, -0.1) is 0 Å². The number of nitrogens with one attached hydrogen (secondary N) is 2. The summed E-state index contributed by atoms with van der Waals surface area (Å²) in [5.41, 5.74) is 1.59. The van der Waals surface area contributed by atoms with Crippen LogP contribution >= 0.6 is 0 Å². The molecule has 2 N–H and O–H groups in total. The first-order chi connectivity index (χ1) is 14.2. The van der Waals surface area contributed by atoms with Crippen molar-refractivity contribution in [1.82, 2.24) is 0 Å². The van der Waals surface area contributed by atoms with E-state index < -0.39 is 0 Å². The second kappa shape index (κ2) is 7.43. The average molecular weight is 392 g/mol. The minimum atomic E-state index is -0.278. The van der Waals surface area contributed by atoms with Crippen LogP contribution in [0.4, 0.5) is 11.4 Å². The van der Waals surface area contributed by atoms with Crippen molar-refractivity contribution in [2.45, 2.75) is 32.1 Å². The van der Waals surface area contributed by atoms with Crippen molar-refractivity contribution in [3.63, 3.8) is 0 Å². The summed E-state index contributed by atoms with van der Waals surface area (Å²) in [6.45, 7) is 0.185. The van der Waals surface area contributed by atoms with Gasteiger partial charge in [0.15, 0.2) is 11.5 Å². The van der Waals surface area contributed by atoms with Crippen LogP contribution in [0, 0.1) is 17.8 Å². The molecule has 0 saturated heterocycles. The molecule has 1 aliphatic heterocycles. The SMILES string of the molecule is O=C(C[C@H]1C[C@H]2CC[C@H]1C2)Nc1ccccc1C(=O)Nc1ccc2c(c1)OCO2. The zero-order chi connectivity index (χ0) is 19.8. The first-order valence-corrected chi connectivity index (χ1v) is 10.3. The number of carbonyl (C=O) groups is 2. The largest absolute Gasteiger partial charge is 0.454 e. The third-order valence-electron chi connectivity index (χ3n) is 6.41. The van der Waals surface area contributed by atoms with E-state index in [0.717, 1.165) is 5.92 Å². The molecule has 2 amide bonds. The zero-order valence-electron chi connectivity index (χ0n) is 16.1. The lowest BCUT2D eigenvalue weighted by Gasteiger charge is -2.21.